The van der Waals surface area contributed by atoms with Crippen LogP contribution in [0.3, 0.4) is 0 Å². The Balaban J connectivity index is 2.47. The van der Waals surface area contributed by atoms with Gasteiger partial charge in [0.15, 0.2) is 6.29 Å². The van der Waals surface area contributed by atoms with Crippen LogP contribution in [0.4, 0.5) is 0 Å². The average molecular weight is 618 g/mol. The molecule has 0 aromatic carbocycles. The van der Waals surface area contributed by atoms with E-state index >= 15 is 0 Å². The minimum Gasteiger partial charge on any atom is -0.394 e. The molecule has 9 heteroatoms. The lowest BCUT2D eigenvalue weighted by Gasteiger charge is -2.40. The first kappa shape index (κ1) is 40.2. The molecule has 1 amide bonds. The van der Waals surface area contributed by atoms with E-state index in [0.29, 0.717) is 12.8 Å². The van der Waals surface area contributed by atoms with Gasteiger partial charge in [-0.25, -0.2) is 0 Å². The van der Waals surface area contributed by atoms with Crippen LogP contribution >= 0.6 is 0 Å². The van der Waals surface area contributed by atoms with E-state index in [1.807, 2.05) is 0 Å². The molecule has 1 rings (SSSR count). The zero-order valence-electron chi connectivity index (χ0n) is 27.5. The zero-order chi connectivity index (χ0) is 31.7. The van der Waals surface area contributed by atoms with Crippen molar-refractivity contribution in [3.63, 3.8) is 0 Å². The summed E-state index contributed by atoms with van der Waals surface area (Å²) in [5.41, 5.74) is 0. The average Bonchev–Trinajstić information content (AvgIpc) is 3.00. The van der Waals surface area contributed by atoms with Crippen LogP contribution in [0.5, 0.6) is 0 Å². The highest BCUT2D eigenvalue weighted by molar-refractivity contribution is 5.76. The van der Waals surface area contributed by atoms with Gasteiger partial charge in [0.2, 0.25) is 5.91 Å². The highest BCUT2D eigenvalue weighted by Gasteiger charge is 2.44. The summed E-state index contributed by atoms with van der Waals surface area (Å²) in [4.78, 5) is 12.8. The van der Waals surface area contributed by atoms with E-state index in [2.05, 4.69) is 19.2 Å². The number of hydrogen-bond donors (Lipinski definition) is 6. The van der Waals surface area contributed by atoms with Crippen molar-refractivity contribution in [1.29, 1.82) is 0 Å². The third-order valence-electron chi connectivity index (χ3n) is 8.71. The zero-order valence-corrected chi connectivity index (χ0v) is 27.5. The highest BCUT2D eigenvalue weighted by Crippen LogP contribution is 2.23. The van der Waals surface area contributed by atoms with Crippen molar-refractivity contribution >= 4 is 5.91 Å². The number of amides is 1. The molecule has 256 valence electrons. The van der Waals surface area contributed by atoms with Crippen LogP contribution < -0.4 is 5.32 Å². The van der Waals surface area contributed by atoms with Gasteiger partial charge in [-0.05, 0) is 12.8 Å². The number of aliphatic hydroxyl groups excluding tert-OH is 5. The largest absolute Gasteiger partial charge is 0.394 e. The number of carbonyl (C=O) groups is 1. The number of nitrogens with one attached hydrogen (secondary N) is 1. The summed E-state index contributed by atoms with van der Waals surface area (Å²) < 4.78 is 11.2. The van der Waals surface area contributed by atoms with Gasteiger partial charge in [-0.3, -0.25) is 4.79 Å². The molecule has 1 fully saturated rings. The fraction of sp³-hybridized carbons (Fsp3) is 0.971. The van der Waals surface area contributed by atoms with Gasteiger partial charge in [-0.15, -0.1) is 0 Å². The van der Waals surface area contributed by atoms with Crippen LogP contribution in [0, 0.1) is 0 Å². The molecule has 7 atom stereocenters. The van der Waals surface area contributed by atoms with E-state index in [1.54, 1.807) is 0 Å². The molecule has 1 saturated heterocycles. The van der Waals surface area contributed by atoms with Gasteiger partial charge >= 0.3 is 0 Å². The van der Waals surface area contributed by atoms with Crippen LogP contribution in [0.15, 0.2) is 0 Å². The van der Waals surface area contributed by atoms with E-state index < -0.39 is 49.5 Å². The third kappa shape index (κ3) is 18.7. The summed E-state index contributed by atoms with van der Waals surface area (Å²) in [5.74, 6) is -0.150. The van der Waals surface area contributed by atoms with Gasteiger partial charge in [-0.1, -0.05) is 136 Å². The summed E-state index contributed by atoms with van der Waals surface area (Å²) in [6.07, 6.45) is 16.9. The van der Waals surface area contributed by atoms with Crippen LogP contribution in [0.1, 0.15) is 155 Å². The second-order valence-corrected chi connectivity index (χ2v) is 12.7. The summed E-state index contributed by atoms with van der Waals surface area (Å²) in [7, 11) is 0. The molecule has 0 aromatic rings. The van der Waals surface area contributed by atoms with Crippen LogP contribution in [0.2, 0.25) is 0 Å². The SMILES string of the molecule is CCCCCCCCCCCCC[C@@H](O)[C@H](CO[C@@H]1O[C@H](CO)[C@@H](O)C(O)C1O)NC(=O)CCCCCCCCCCC. The number of ether oxygens (including phenoxy) is 2. The van der Waals surface area contributed by atoms with Crippen LogP contribution in [-0.2, 0) is 14.3 Å². The van der Waals surface area contributed by atoms with Gasteiger partial charge in [0, 0.05) is 6.42 Å². The predicted molar refractivity (Wildman–Crippen MR) is 171 cm³/mol. The second-order valence-electron chi connectivity index (χ2n) is 12.7. The summed E-state index contributed by atoms with van der Waals surface area (Å²) in [6, 6.07) is -0.707. The Kier molecular flexibility index (Phi) is 24.7. The number of rotatable bonds is 28. The van der Waals surface area contributed by atoms with Crippen LogP contribution in [-0.4, -0.2) is 87.5 Å². The first-order chi connectivity index (χ1) is 20.8. The standard InChI is InChI=1S/C34H67NO8/c1-3-5-7-9-11-13-14-16-17-19-21-23-28(37)27(26-42-34-33(41)32(40)31(39)29(25-36)43-34)35-30(38)24-22-20-18-15-12-10-8-6-4-2/h27-29,31-34,36-37,39-41H,3-26H2,1-2H3,(H,35,38)/t27-,28+,29+,31+,32?,33?,34+/m0/s1. The van der Waals surface area contributed by atoms with Crippen molar-refractivity contribution in [2.24, 2.45) is 0 Å². The fourth-order valence-corrected chi connectivity index (χ4v) is 5.75. The second kappa shape index (κ2) is 26.4. The molecule has 0 radical (unpaired) electrons. The Labute approximate surface area is 262 Å². The Morgan fingerprint density at radius 2 is 1.16 bits per heavy atom. The van der Waals surface area contributed by atoms with Gasteiger partial charge in [0.05, 0.1) is 25.4 Å². The van der Waals surface area contributed by atoms with Gasteiger partial charge < -0.3 is 40.3 Å². The Bertz CT molecular complexity index is 652. The molecule has 0 spiro atoms. The monoisotopic (exact) mass is 617 g/mol. The molecule has 0 aromatic heterocycles. The molecule has 1 heterocycles. The molecule has 0 bridgehead atoms. The molecule has 43 heavy (non-hydrogen) atoms. The maximum Gasteiger partial charge on any atom is 0.220 e. The summed E-state index contributed by atoms with van der Waals surface area (Å²) in [6.45, 7) is 3.77. The number of aliphatic hydroxyl groups is 5. The van der Waals surface area contributed by atoms with Crippen molar-refractivity contribution in [2.45, 2.75) is 198 Å². The topological polar surface area (TPSA) is 149 Å². The van der Waals surface area contributed by atoms with Crippen molar-refractivity contribution in [3.05, 3.63) is 0 Å². The Morgan fingerprint density at radius 1 is 0.698 bits per heavy atom. The van der Waals surface area contributed by atoms with Gasteiger partial charge in [0.25, 0.3) is 0 Å². The van der Waals surface area contributed by atoms with E-state index in [-0.39, 0.29) is 12.5 Å². The quantitative estimate of drug-likeness (QED) is 0.0651. The third-order valence-corrected chi connectivity index (χ3v) is 8.71. The lowest BCUT2D eigenvalue weighted by molar-refractivity contribution is -0.302. The lowest BCUT2D eigenvalue weighted by Crippen LogP contribution is -2.60. The van der Waals surface area contributed by atoms with Gasteiger partial charge in [0.1, 0.15) is 24.4 Å². The van der Waals surface area contributed by atoms with Gasteiger partial charge in [-0.2, -0.15) is 0 Å². The molecule has 1 aliphatic rings. The fourth-order valence-electron chi connectivity index (χ4n) is 5.75. The first-order valence-corrected chi connectivity index (χ1v) is 17.7. The number of carbonyl (C=O) groups excluding carboxylic acids is 1. The number of hydrogen-bond acceptors (Lipinski definition) is 8. The summed E-state index contributed by atoms with van der Waals surface area (Å²) in [5, 5.41) is 53.8. The Morgan fingerprint density at radius 3 is 1.65 bits per heavy atom. The molecule has 0 saturated carbocycles. The highest BCUT2D eigenvalue weighted by atomic mass is 16.7. The molecule has 1 aliphatic heterocycles. The van der Waals surface area contributed by atoms with E-state index in [9.17, 15) is 30.3 Å². The summed E-state index contributed by atoms with van der Waals surface area (Å²) >= 11 is 0. The molecule has 6 N–H and O–H groups in total. The van der Waals surface area contributed by atoms with E-state index in [4.69, 9.17) is 9.47 Å². The Hall–Kier alpha value is -0.810. The van der Waals surface area contributed by atoms with Crippen LogP contribution in [0.25, 0.3) is 0 Å². The van der Waals surface area contributed by atoms with E-state index in [1.165, 1.54) is 89.9 Å². The first-order valence-electron chi connectivity index (χ1n) is 17.7. The smallest absolute Gasteiger partial charge is 0.220 e. The van der Waals surface area contributed by atoms with Crippen molar-refractivity contribution < 1.29 is 39.8 Å². The minimum absolute atomic E-state index is 0.134. The molecule has 2 unspecified atom stereocenters. The lowest BCUT2D eigenvalue weighted by atomic mass is 9.99. The van der Waals surface area contributed by atoms with Crippen molar-refractivity contribution in [2.75, 3.05) is 13.2 Å². The van der Waals surface area contributed by atoms with Crippen molar-refractivity contribution in [1.82, 2.24) is 5.32 Å². The minimum atomic E-state index is -1.54. The normalized spacial score (nSPS) is 23.7. The molecular formula is C34H67NO8. The van der Waals surface area contributed by atoms with Crippen molar-refractivity contribution in [3.8, 4) is 0 Å². The maximum absolute atomic E-state index is 12.8. The molecule has 0 aliphatic carbocycles. The van der Waals surface area contributed by atoms with E-state index in [0.717, 1.165) is 38.5 Å². The number of unbranched alkanes of at least 4 members (excludes halogenated alkanes) is 18. The maximum atomic E-state index is 12.8. The molecular weight excluding hydrogens is 550 g/mol. The predicted octanol–water partition coefficient (Wildman–Crippen LogP) is 5.27. The molecule has 9 nitrogen and oxygen atoms in total.